The van der Waals surface area contributed by atoms with Crippen LogP contribution < -0.4 is 10.5 Å². The molecule has 0 saturated carbocycles. The molecule has 0 aliphatic rings. The number of hydrogen-bond acceptors (Lipinski definition) is 4. The summed E-state index contributed by atoms with van der Waals surface area (Å²) in [4.78, 5) is 10.3. The summed E-state index contributed by atoms with van der Waals surface area (Å²) >= 11 is 0. The average molecular weight is 306 g/mol. The number of nitro benzene ring substituents is 1. The first-order valence-corrected chi connectivity index (χ1v) is 7.01. The number of nitrogens with zero attached hydrogens (tertiary/aromatic N) is 1. The second-order valence-corrected chi connectivity index (χ2v) is 4.97. The summed E-state index contributed by atoms with van der Waals surface area (Å²) in [6, 6.07) is 21.1. The molecule has 0 fully saturated rings. The summed E-state index contributed by atoms with van der Waals surface area (Å²) in [5.74, 6) is 1.16. The average Bonchev–Trinajstić information content (AvgIpc) is 2.58. The Morgan fingerprint density at radius 2 is 1.61 bits per heavy atom. The van der Waals surface area contributed by atoms with Crippen LogP contribution >= 0.6 is 0 Å². The zero-order valence-corrected chi connectivity index (χ0v) is 12.2. The van der Waals surface area contributed by atoms with Gasteiger partial charge in [-0.05, 0) is 35.9 Å². The van der Waals surface area contributed by atoms with E-state index in [0.717, 1.165) is 11.1 Å². The molecule has 0 unspecified atom stereocenters. The lowest BCUT2D eigenvalue weighted by Gasteiger charge is -2.12. The van der Waals surface area contributed by atoms with Crippen LogP contribution in [0.15, 0.2) is 72.8 Å². The fourth-order valence-corrected chi connectivity index (χ4v) is 2.24. The first kappa shape index (κ1) is 14.6. The normalized spacial score (nSPS) is 10.3. The van der Waals surface area contributed by atoms with Crippen molar-refractivity contribution < 1.29 is 9.66 Å². The first-order chi connectivity index (χ1) is 11.1. The van der Waals surface area contributed by atoms with Crippen molar-refractivity contribution in [2.45, 2.75) is 0 Å². The fraction of sp³-hybridized carbons (Fsp3) is 0. The summed E-state index contributed by atoms with van der Waals surface area (Å²) in [7, 11) is 0. The molecule has 2 N–H and O–H groups in total. The summed E-state index contributed by atoms with van der Waals surface area (Å²) < 4.78 is 5.88. The predicted molar refractivity (Wildman–Crippen MR) is 89.5 cm³/mol. The van der Waals surface area contributed by atoms with Crippen molar-refractivity contribution in [3.05, 3.63) is 82.9 Å². The van der Waals surface area contributed by atoms with Crippen molar-refractivity contribution in [2.75, 3.05) is 5.73 Å². The van der Waals surface area contributed by atoms with Gasteiger partial charge in [0.05, 0.1) is 4.92 Å². The van der Waals surface area contributed by atoms with Crippen LogP contribution in [0, 0.1) is 10.1 Å². The van der Waals surface area contributed by atoms with E-state index >= 15 is 0 Å². The summed E-state index contributed by atoms with van der Waals surface area (Å²) in [6.07, 6.45) is 0. The summed E-state index contributed by atoms with van der Waals surface area (Å²) in [5.41, 5.74) is 8.39. The number of anilines is 1. The number of ether oxygens (including phenoxy) is 1. The fourth-order valence-electron chi connectivity index (χ4n) is 2.24. The molecule has 114 valence electrons. The van der Waals surface area contributed by atoms with E-state index in [0.29, 0.717) is 17.2 Å². The highest BCUT2D eigenvalue weighted by Gasteiger charge is 2.10. The largest absolute Gasteiger partial charge is 0.457 e. The molecule has 3 aromatic carbocycles. The molecule has 0 bridgehead atoms. The third-order valence-electron chi connectivity index (χ3n) is 3.36. The lowest BCUT2D eigenvalue weighted by atomic mass is 10.0. The van der Waals surface area contributed by atoms with Gasteiger partial charge in [0.25, 0.3) is 5.69 Å². The molecular weight excluding hydrogens is 292 g/mol. The number of nitrogens with two attached hydrogens (primary N) is 1. The van der Waals surface area contributed by atoms with Crippen molar-refractivity contribution in [3.63, 3.8) is 0 Å². The van der Waals surface area contributed by atoms with E-state index in [4.69, 9.17) is 10.5 Å². The minimum Gasteiger partial charge on any atom is -0.457 e. The van der Waals surface area contributed by atoms with Gasteiger partial charge in [0.1, 0.15) is 11.5 Å². The van der Waals surface area contributed by atoms with Gasteiger partial charge in [-0.3, -0.25) is 10.1 Å². The van der Waals surface area contributed by atoms with E-state index in [1.807, 2.05) is 36.4 Å². The Bertz CT molecular complexity index is 831. The van der Waals surface area contributed by atoms with E-state index in [-0.39, 0.29) is 5.69 Å². The second-order valence-electron chi connectivity index (χ2n) is 4.97. The Balaban J connectivity index is 1.95. The maximum atomic E-state index is 10.7. The van der Waals surface area contributed by atoms with Crippen LogP contribution in [0.1, 0.15) is 0 Å². The van der Waals surface area contributed by atoms with Gasteiger partial charge in [0, 0.05) is 23.4 Å². The highest BCUT2D eigenvalue weighted by atomic mass is 16.6. The maximum Gasteiger partial charge on any atom is 0.269 e. The molecule has 0 atom stereocenters. The highest BCUT2D eigenvalue weighted by Crippen LogP contribution is 2.35. The monoisotopic (exact) mass is 306 g/mol. The van der Waals surface area contributed by atoms with Crippen molar-refractivity contribution in [2.24, 2.45) is 0 Å². The SMILES string of the molecule is Nc1ccc(Oc2ccc([N+](=O)[O-])cc2)c(-c2ccccc2)c1. The quantitative estimate of drug-likeness (QED) is 0.433. The zero-order valence-electron chi connectivity index (χ0n) is 12.2. The third-order valence-corrected chi connectivity index (χ3v) is 3.36. The standard InChI is InChI=1S/C18H14N2O3/c19-14-6-11-18(17(12-14)13-4-2-1-3-5-13)23-16-9-7-15(8-10-16)20(21)22/h1-12H,19H2. The number of non-ortho nitro benzene ring substituents is 1. The van der Waals surface area contributed by atoms with E-state index in [1.165, 1.54) is 12.1 Å². The molecule has 5 nitrogen and oxygen atoms in total. The van der Waals surface area contributed by atoms with E-state index in [9.17, 15) is 10.1 Å². The van der Waals surface area contributed by atoms with E-state index < -0.39 is 4.92 Å². The molecule has 0 saturated heterocycles. The predicted octanol–water partition coefficient (Wildman–Crippen LogP) is 4.64. The second kappa shape index (κ2) is 6.19. The summed E-state index contributed by atoms with van der Waals surface area (Å²) in [5, 5.41) is 10.7. The Hall–Kier alpha value is -3.34. The number of nitrogen functional groups attached to an aromatic ring is 1. The van der Waals surface area contributed by atoms with Crippen molar-refractivity contribution in [3.8, 4) is 22.6 Å². The lowest BCUT2D eigenvalue weighted by Crippen LogP contribution is -1.92. The highest BCUT2D eigenvalue weighted by molar-refractivity contribution is 5.74. The van der Waals surface area contributed by atoms with Gasteiger partial charge in [-0.2, -0.15) is 0 Å². The van der Waals surface area contributed by atoms with Crippen molar-refractivity contribution in [1.29, 1.82) is 0 Å². The van der Waals surface area contributed by atoms with Crippen molar-refractivity contribution in [1.82, 2.24) is 0 Å². The number of rotatable bonds is 4. The number of nitro groups is 1. The molecule has 0 aliphatic carbocycles. The topological polar surface area (TPSA) is 78.4 Å². The van der Waals surface area contributed by atoms with Gasteiger partial charge in [-0.1, -0.05) is 30.3 Å². The van der Waals surface area contributed by atoms with Gasteiger partial charge >= 0.3 is 0 Å². The van der Waals surface area contributed by atoms with E-state index in [1.54, 1.807) is 24.3 Å². The smallest absolute Gasteiger partial charge is 0.269 e. The zero-order chi connectivity index (χ0) is 16.2. The molecule has 0 amide bonds. The first-order valence-electron chi connectivity index (χ1n) is 7.01. The Kier molecular flexibility index (Phi) is 3.93. The minimum atomic E-state index is -0.442. The molecular formula is C18H14N2O3. The van der Waals surface area contributed by atoms with Gasteiger partial charge < -0.3 is 10.5 Å². The summed E-state index contributed by atoms with van der Waals surface area (Å²) in [6.45, 7) is 0. The van der Waals surface area contributed by atoms with Gasteiger partial charge in [-0.15, -0.1) is 0 Å². The minimum absolute atomic E-state index is 0.0259. The molecule has 3 aromatic rings. The van der Waals surface area contributed by atoms with Crippen LogP contribution in [0.5, 0.6) is 11.5 Å². The van der Waals surface area contributed by atoms with Gasteiger partial charge in [0.15, 0.2) is 0 Å². The van der Waals surface area contributed by atoms with Crippen LogP contribution in [0.2, 0.25) is 0 Å². The molecule has 3 rings (SSSR count). The van der Waals surface area contributed by atoms with Crippen molar-refractivity contribution >= 4 is 11.4 Å². The van der Waals surface area contributed by atoms with Crippen LogP contribution in [-0.4, -0.2) is 4.92 Å². The van der Waals surface area contributed by atoms with Crippen LogP contribution in [0.3, 0.4) is 0 Å². The lowest BCUT2D eigenvalue weighted by molar-refractivity contribution is -0.384. The van der Waals surface area contributed by atoms with Gasteiger partial charge in [-0.25, -0.2) is 0 Å². The molecule has 0 aliphatic heterocycles. The molecule has 23 heavy (non-hydrogen) atoms. The number of hydrogen-bond donors (Lipinski definition) is 1. The van der Waals surface area contributed by atoms with Crippen LogP contribution in [-0.2, 0) is 0 Å². The Labute approximate surface area is 133 Å². The van der Waals surface area contributed by atoms with Crippen LogP contribution in [0.4, 0.5) is 11.4 Å². The molecule has 0 aromatic heterocycles. The molecule has 5 heteroatoms. The van der Waals surface area contributed by atoms with E-state index in [2.05, 4.69) is 0 Å². The number of benzene rings is 3. The van der Waals surface area contributed by atoms with Crippen LogP contribution in [0.25, 0.3) is 11.1 Å². The third kappa shape index (κ3) is 3.29. The molecule has 0 heterocycles. The molecule has 0 radical (unpaired) electrons. The molecule has 0 spiro atoms. The Morgan fingerprint density at radius 3 is 2.26 bits per heavy atom. The van der Waals surface area contributed by atoms with Gasteiger partial charge in [0.2, 0.25) is 0 Å². The Morgan fingerprint density at radius 1 is 0.913 bits per heavy atom. The maximum absolute atomic E-state index is 10.7.